The fourth-order valence-electron chi connectivity index (χ4n) is 2.22. The molecule has 2 N–H and O–H groups in total. The van der Waals surface area contributed by atoms with Gasteiger partial charge in [0.1, 0.15) is 5.76 Å². The summed E-state index contributed by atoms with van der Waals surface area (Å²) < 4.78 is 32.7. The average molecular weight is 300 g/mol. The van der Waals surface area contributed by atoms with E-state index in [1.807, 2.05) is 20.8 Å². The van der Waals surface area contributed by atoms with Crippen LogP contribution >= 0.6 is 0 Å². The van der Waals surface area contributed by atoms with Gasteiger partial charge in [-0.2, -0.15) is 0 Å². The average Bonchev–Trinajstić information content (AvgIpc) is 3.01. The van der Waals surface area contributed by atoms with Crippen LogP contribution in [0.3, 0.4) is 0 Å². The minimum absolute atomic E-state index is 0.00530. The minimum atomic E-state index is -3.59. The molecule has 1 heterocycles. The van der Waals surface area contributed by atoms with E-state index >= 15 is 0 Å². The Balaban J connectivity index is 2.01. The standard InChI is InChI=1S/C14H24N2O3S/c1-4-9-14(2,3)16-20(17,18)13-8-7-12(19-13)10-15-11-5-6-11/h7-8,11,15-16H,4-6,9-10H2,1-3H3. The molecule has 1 fully saturated rings. The Morgan fingerprint density at radius 3 is 2.65 bits per heavy atom. The van der Waals surface area contributed by atoms with Crippen molar-refractivity contribution in [2.75, 3.05) is 0 Å². The second kappa shape index (κ2) is 5.87. The van der Waals surface area contributed by atoms with Crippen LogP contribution < -0.4 is 10.0 Å². The molecule has 1 aromatic heterocycles. The van der Waals surface area contributed by atoms with Crippen LogP contribution in [-0.4, -0.2) is 20.0 Å². The van der Waals surface area contributed by atoms with E-state index in [2.05, 4.69) is 10.0 Å². The molecule has 0 aromatic carbocycles. The zero-order valence-corrected chi connectivity index (χ0v) is 13.2. The maximum atomic E-state index is 12.3. The van der Waals surface area contributed by atoms with Crippen molar-refractivity contribution < 1.29 is 12.8 Å². The van der Waals surface area contributed by atoms with Crippen molar-refractivity contribution in [3.8, 4) is 0 Å². The summed E-state index contributed by atoms with van der Waals surface area (Å²) in [5.74, 6) is 0.658. The molecule has 1 aromatic rings. The molecule has 0 atom stereocenters. The first-order chi connectivity index (χ1) is 9.32. The van der Waals surface area contributed by atoms with Crippen LogP contribution in [0.2, 0.25) is 0 Å². The van der Waals surface area contributed by atoms with Gasteiger partial charge < -0.3 is 9.73 Å². The number of furan rings is 1. The molecular formula is C14H24N2O3S. The summed E-state index contributed by atoms with van der Waals surface area (Å²) >= 11 is 0. The normalized spacial score (nSPS) is 16.6. The highest BCUT2D eigenvalue weighted by Gasteiger charge is 2.28. The van der Waals surface area contributed by atoms with Gasteiger partial charge in [-0.25, -0.2) is 13.1 Å². The number of sulfonamides is 1. The minimum Gasteiger partial charge on any atom is -0.447 e. The lowest BCUT2D eigenvalue weighted by Crippen LogP contribution is -2.42. The fraction of sp³-hybridized carbons (Fsp3) is 0.714. The second-order valence-corrected chi connectivity index (χ2v) is 7.73. The number of nitrogens with one attached hydrogen (secondary N) is 2. The molecule has 0 radical (unpaired) electrons. The van der Waals surface area contributed by atoms with Crippen molar-refractivity contribution in [2.24, 2.45) is 0 Å². The molecule has 114 valence electrons. The van der Waals surface area contributed by atoms with Crippen molar-refractivity contribution in [1.82, 2.24) is 10.0 Å². The van der Waals surface area contributed by atoms with Gasteiger partial charge in [0, 0.05) is 11.6 Å². The van der Waals surface area contributed by atoms with Gasteiger partial charge in [-0.05, 0) is 45.2 Å². The summed E-state index contributed by atoms with van der Waals surface area (Å²) in [5, 5.41) is 3.29. The summed E-state index contributed by atoms with van der Waals surface area (Å²) in [5.41, 5.74) is -0.465. The Labute approximate surface area is 121 Å². The lowest BCUT2D eigenvalue weighted by Gasteiger charge is -2.24. The Kier molecular flexibility index (Phi) is 4.56. The van der Waals surface area contributed by atoms with Crippen molar-refractivity contribution in [1.29, 1.82) is 0 Å². The predicted octanol–water partition coefficient (Wildman–Crippen LogP) is 2.39. The Bertz CT molecular complexity index is 545. The van der Waals surface area contributed by atoms with E-state index in [4.69, 9.17) is 4.42 Å². The van der Waals surface area contributed by atoms with Gasteiger partial charge >= 0.3 is 0 Å². The van der Waals surface area contributed by atoms with E-state index in [-0.39, 0.29) is 5.09 Å². The van der Waals surface area contributed by atoms with Crippen molar-refractivity contribution in [3.63, 3.8) is 0 Å². The quantitative estimate of drug-likeness (QED) is 0.773. The van der Waals surface area contributed by atoms with E-state index in [9.17, 15) is 8.42 Å². The molecule has 1 aliphatic rings. The van der Waals surface area contributed by atoms with Gasteiger partial charge in [-0.3, -0.25) is 0 Å². The topological polar surface area (TPSA) is 71.3 Å². The second-order valence-electron chi connectivity index (χ2n) is 6.12. The zero-order chi connectivity index (χ0) is 14.8. The van der Waals surface area contributed by atoms with Crippen LogP contribution in [0.15, 0.2) is 21.6 Å². The summed E-state index contributed by atoms with van der Waals surface area (Å²) in [7, 11) is -3.59. The molecule has 2 rings (SSSR count). The molecule has 0 unspecified atom stereocenters. The molecule has 0 saturated heterocycles. The molecule has 0 bridgehead atoms. The van der Waals surface area contributed by atoms with Crippen molar-refractivity contribution in [3.05, 3.63) is 17.9 Å². The first-order valence-electron chi connectivity index (χ1n) is 7.18. The highest BCUT2D eigenvalue weighted by Crippen LogP contribution is 2.21. The third-order valence-electron chi connectivity index (χ3n) is 3.33. The third-order valence-corrected chi connectivity index (χ3v) is 4.90. The van der Waals surface area contributed by atoms with Crippen LogP contribution in [-0.2, 0) is 16.6 Å². The molecule has 5 nitrogen and oxygen atoms in total. The zero-order valence-electron chi connectivity index (χ0n) is 12.4. The third kappa shape index (κ3) is 4.33. The van der Waals surface area contributed by atoms with Gasteiger partial charge in [0.05, 0.1) is 6.54 Å². The van der Waals surface area contributed by atoms with Crippen molar-refractivity contribution >= 4 is 10.0 Å². The molecule has 0 aliphatic heterocycles. The highest BCUT2D eigenvalue weighted by atomic mass is 32.2. The lowest BCUT2D eigenvalue weighted by atomic mass is 10.0. The molecule has 6 heteroatoms. The van der Waals surface area contributed by atoms with Crippen LogP contribution in [0, 0.1) is 0 Å². The maximum absolute atomic E-state index is 12.3. The van der Waals surface area contributed by atoms with E-state index in [1.165, 1.54) is 18.9 Å². The lowest BCUT2D eigenvalue weighted by molar-refractivity contribution is 0.379. The molecule has 0 spiro atoms. The smallest absolute Gasteiger partial charge is 0.274 e. The van der Waals surface area contributed by atoms with Gasteiger partial charge in [-0.1, -0.05) is 13.3 Å². The maximum Gasteiger partial charge on any atom is 0.274 e. The number of hydrogen-bond donors (Lipinski definition) is 2. The molecular weight excluding hydrogens is 276 g/mol. The Morgan fingerprint density at radius 1 is 1.35 bits per heavy atom. The van der Waals surface area contributed by atoms with Gasteiger partial charge in [0.15, 0.2) is 0 Å². The number of rotatable bonds is 8. The summed E-state index contributed by atoms with van der Waals surface area (Å²) in [4.78, 5) is 0. The van der Waals surface area contributed by atoms with E-state index < -0.39 is 15.6 Å². The molecule has 1 aliphatic carbocycles. The fourth-order valence-corrected chi connectivity index (χ4v) is 3.61. The van der Waals surface area contributed by atoms with Gasteiger partial charge in [-0.15, -0.1) is 0 Å². The molecule has 0 amide bonds. The van der Waals surface area contributed by atoms with E-state index in [1.54, 1.807) is 6.07 Å². The van der Waals surface area contributed by atoms with Crippen LogP contribution in [0.1, 0.15) is 52.2 Å². The first kappa shape index (κ1) is 15.5. The summed E-state index contributed by atoms with van der Waals surface area (Å²) in [6, 6.07) is 3.81. The van der Waals surface area contributed by atoms with E-state index in [0.717, 1.165) is 12.8 Å². The first-order valence-corrected chi connectivity index (χ1v) is 8.67. The molecule has 20 heavy (non-hydrogen) atoms. The van der Waals surface area contributed by atoms with Crippen LogP contribution in [0.5, 0.6) is 0 Å². The van der Waals surface area contributed by atoms with Gasteiger partial charge in [0.2, 0.25) is 5.09 Å². The van der Waals surface area contributed by atoms with Crippen LogP contribution in [0.25, 0.3) is 0 Å². The highest BCUT2D eigenvalue weighted by molar-refractivity contribution is 7.89. The van der Waals surface area contributed by atoms with Crippen LogP contribution in [0.4, 0.5) is 0 Å². The summed E-state index contributed by atoms with van der Waals surface area (Å²) in [6.45, 7) is 6.38. The van der Waals surface area contributed by atoms with Gasteiger partial charge in [0.25, 0.3) is 10.0 Å². The van der Waals surface area contributed by atoms with E-state index in [0.29, 0.717) is 18.3 Å². The Morgan fingerprint density at radius 2 is 2.05 bits per heavy atom. The largest absolute Gasteiger partial charge is 0.447 e. The number of hydrogen-bond acceptors (Lipinski definition) is 4. The van der Waals surface area contributed by atoms with Crippen molar-refractivity contribution in [2.45, 2.75) is 69.7 Å². The SMILES string of the molecule is CCCC(C)(C)NS(=O)(=O)c1ccc(CNC2CC2)o1. The molecule has 1 saturated carbocycles. The Hall–Kier alpha value is -0.850. The summed E-state index contributed by atoms with van der Waals surface area (Å²) in [6.07, 6.45) is 4.09. The predicted molar refractivity (Wildman–Crippen MR) is 77.9 cm³/mol. The monoisotopic (exact) mass is 300 g/mol.